The van der Waals surface area contributed by atoms with E-state index in [0.29, 0.717) is 16.9 Å². The Morgan fingerprint density at radius 3 is 2.57 bits per heavy atom. The SMILES string of the molecule is Cc1cccnc1NC(=O)C(C)(N=[N+]=[N-])c1ccc(-c2ccccc2)c(F)c1. The van der Waals surface area contributed by atoms with E-state index in [1.807, 2.05) is 18.2 Å². The molecule has 3 aromatic rings. The number of nitrogens with zero attached hydrogens (tertiary/aromatic N) is 4. The number of amides is 1. The topological polar surface area (TPSA) is 90.8 Å². The first-order valence-electron chi connectivity index (χ1n) is 8.60. The third-order valence-corrected chi connectivity index (χ3v) is 4.54. The van der Waals surface area contributed by atoms with E-state index in [1.165, 1.54) is 13.0 Å². The third kappa shape index (κ3) is 3.70. The number of rotatable bonds is 5. The molecule has 0 fully saturated rings. The second-order valence-electron chi connectivity index (χ2n) is 6.45. The Labute approximate surface area is 161 Å². The maximum absolute atomic E-state index is 14.8. The molecule has 2 aromatic carbocycles. The van der Waals surface area contributed by atoms with Crippen LogP contribution in [0.15, 0.2) is 72.0 Å². The lowest BCUT2D eigenvalue weighted by Crippen LogP contribution is -2.36. The summed E-state index contributed by atoms with van der Waals surface area (Å²) in [7, 11) is 0. The summed E-state index contributed by atoms with van der Waals surface area (Å²) in [6.45, 7) is 3.24. The summed E-state index contributed by atoms with van der Waals surface area (Å²) in [5.74, 6) is -0.753. The molecule has 0 radical (unpaired) electrons. The molecule has 28 heavy (non-hydrogen) atoms. The fourth-order valence-electron chi connectivity index (χ4n) is 2.84. The highest BCUT2D eigenvalue weighted by molar-refractivity contribution is 5.98. The van der Waals surface area contributed by atoms with Gasteiger partial charge < -0.3 is 5.32 Å². The Balaban J connectivity index is 1.99. The van der Waals surface area contributed by atoms with Crippen molar-refractivity contribution in [2.24, 2.45) is 5.11 Å². The highest BCUT2D eigenvalue weighted by Gasteiger charge is 2.35. The molecule has 0 saturated heterocycles. The van der Waals surface area contributed by atoms with Crippen LogP contribution in [0.2, 0.25) is 0 Å². The quantitative estimate of drug-likeness (QED) is 0.369. The number of nitrogens with one attached hydrogen (secondary N) is 1. The Bertz CT molecular complexity index is 1060. The van der Waals surface area contributed by atoms with Gasteiger partial charge in [-0.1, -0.05) is 53.6 Å². The molecular formula is C21H18FN5O. The molecule has 1 heterocycles. The predicted octanol–water partition coefficient (Wildman–Crippen LogP) is 5.36. The fourth-order valence-corrected chi connectivity index (χ4v) is 2.84. The Kier molecular flexibility index (Phi) is 5.38. The van der Waals surface area contributed by atoms with Crippen LogP contribution in [0.25, 0.3) is 21.6 Å². The number of benzene rings is 2. The Morgan fingerprint density at radius 1 is 1.18 bits per heavy atom. The van der Waals surface area contributed by atoms with Crippen molar-refractivity contribution in [2.45, 2.75) is 19.4 Å². The second-order valence-corrected chi connectivity index (χ2v) is 6.45. The van der Waals surface area contributed by atoms with E-state index in [-0.39, 0.29) is 5.56 Å². The average molecular weight is 375 g/mol. The molecule has 0 aliphatic carbocycles. The van der Waals surface area contributed by atoms with Crippen molar-refractivity contribution in [1.82, 2.24) is 4.98 Å². The molecule has 3 rings (SSSR count). The van der Waals surface area contributed by atoms with Crippen molar-refractivity contribution in [3.8, 4) is 11.1 Å². The predicted molar refractivity (Wildman–Crippen MR) is 106 cm³/mol. The summed E-state index contributed by atoms with van der Waals surface area (Å²) in [6.07, 6.45) is 1.54. The molecule has 1 N–H and O–H groups in total. The molecule has 1 atom stereocenters. The van der Waals surface area contributed by atoms with E-state index in [0.717, 1.165) is 5.56 Å². The van der Waals surface area contributed by atoms with Gasteiger partial charge in [0.2, 0.25) is 5.91 Å². The molecule has 6 nitrogen and oxygen atoms in total. The number of halogens is 1. The van der Waals surface area contributed by atoms with E-state index < -0.39 is 17.3 Å². The number of azide groups is 1. The zero-order valence-corrected chi connectivity index (χ0v) is 15.4. The van der Waals surface area contributed by atoms with Crippen LogP contribution < -0.4 is 5.32 Å². The van der Waals surface area contributed by atoms with Gasteiger partial charge >= 0.3 is 0 Å². The number of aryl methyl sites for hydroxylation is 1. The molecule has 0 bridgehead atoms. The third-order valence-electron chi connectivity index (χ3n) is 4.54. The number of carbonyl (C=O) groups excluding carboxylic acids is 1. The highest BCUT2D eigenvalue weighted by Crippen LogP contribution is 2.32. The summed E-state index contributed by atoms with van der Waals surface area (Å²) in [4.78, 5) is 19.8. The van der Waals surface area contributed by atoms with Crippen molar-refractivity contribution in [2.75, 3.05) is 5.32 Å². The monoisotopic (exact) mass is 375 g/mol. The Hall–Kier alpha value is -3.70. The van der Waals surface area contributed by atoms with Gasteiger partial charge in [0.15, 0.2) is 0 Å². The van der Waals surface area contributed by atoms with Gasteiger partial charge in [-0.15, -0.1) is 0 Å². The van der Waals surface area contributed by atoms with Gasteiger partial charge in [-0.05, 0) is 48.2 Å². The van der Waals surface area contributed by atoms with Crippen LogP contribution in [0.5, 0.6) is 0 Å². The molecule has 1 unspecified atom stereocenters. The minimum absolute atomic E-state index is 0.244. The van der Waals surface area contributed by atoms with Crippen LogP contribution in [0.3, 0.4) is 0 Å². The van der Waals surface area contributed by atoms with Crippen LogP contribution in [0.1, 0.15) is 18.1 Å². The zero-order valence-electron chi connectivity index (χ0n) is 15.4. The molecule has 0 aliphatic rings. The van der Waals surface area contributed by atoms with Gasteiger partial charge in [-0.3, -0.25) is 4.79 Å². The number of hydrogen-bond donors (Lipinski definition) is 1. The summed E-state index contributed by atoms with van der Waals surface area (Å²) in [5.41, 5.74) is 9.47. The maximum Gasteiger partial charge on any atom is 0.241 e. The van der Waals surface area contributed by atoms with E-state index in [1.54, 1.807) is 49.5 Å². The van der Waals surface area contributed by atoms with Crippen LogP contribution in [-0.4, -0.2) is 10.9 Å². The standard InChI is InChI=1S/C21H18FN5O/c1-14-7-6-12-24-19(14)25-20(28)21(2,26-27-23)16-10-11-17(18(22)13-16)15-8-4-3-5-9-15/h3-13H,1-2H3,(H,24,25,28). The molecule has 0 aliphatic heterocycles. The average Bonchev–Trinajstić information content (AvgIpc) is 2.70. The number of aromatic nitrogens is 1. The summed E-state index contributed by atoms with van der Waals surface area (Å²) in [6, 6.07) is 17.0. The molecule has 0 saturated carbocycles. The Morgan fingerprint density at radius 2 is 1.93 bits per heavy atom. The smallest absolute Gasteiger partial charge is 0.241 e. The maximum atomic E-state index is 14.8. The van der Waals surface area contributed by atoms with Gasteiger partial charge in [0.1, 0.15) is 17.2 Å². The van der Waals surface area contributed by atoms with E-state index >= 15 is 0 Å². The summed E-state index contributed by atoms with van der Waals surface area (Å²) >= 11 is 0. The largest absolute Gasteiger partial charge is 0.310 e. The number of anilines is 1. The fraction of sp³-hybridized carbons (Fsp3) is 0.143. The number of hydrogen-bond acceptors (Lipinski definition) is 3. The van der Waals surface area contributed by atoms with Crippen molar-refractivity contribution < 1.29 is 9.18 Å². The minimum atomic E-state index is -1.64. The normalized spacial score (nSPS) is 12.5. The van der Waals surface area contributed by atoms with Crippen molar-refractivity contribution in [1.29, 1.82) is 0 Å². The van der Waals surface area contributed by atoms with Gasteiger partial charge in [0, 0.05) is 16.7 Å². The summed E-state index contributed by atoms with van der Waals surface area (Å²) < 4.78 is 14.8. The molecule has 7 heteroatoms. The van der Waals surface area contributed by atoms with Gasteiger partial charge in [0.25, 0.3) is 0 Å². The van der Waals surface area contributed by atoms with Crippen molar-refractivity contribution in [3.63, 3.8) is 0 Å². The van der Waals surface area contributed by atoms with E-state index in [9.17, 15) is 9.18 Å². The zero-order chi connectivity index (χ0) is 20.1. The lowest BCUT2D eigenvalue weighted by atomic mass is 9.90. The molecule has 1 amide bonds. The van der Waals surface area contributed by atoms with Crippen LogP contribution in [0.4, 0.5) is 10.2 Å². The lowest BCUT2D eigenvalue weighted by molar-refractivity contribution is -0.120. The first-order chi connectivity index (χ1) is 13.5. The van der Waals surface area contributed by atoms with E-state index in [4.69, 9.17) is 5.53 Å². The van der Waals surface area contributed by atoms with Crippen LogP contribution in [0, 0.1) is 12.7 Å². The van der Waals surface area contributed by atoms with Gasteiger partial charge in [-0.25, -0.2) is 9.37 Å². The second kappa shape index (κ2) is 7.90. The first-order valence-corrected chi connectivity index (χ1v) is 8.60. The van der Waals surface area contributed by atoms with E-state index in [2.05, 4.69) is 20.3 Å². The molecule has 1 aromatic heterocycles. The number of carbonyl (C=O) groups is 1. The van der Waals surface area contributed by atoms with Crippen molar-refractivity contribution >= 4 is 11.7 Å². The first kappa shape index (κ1) is 19.1. The molecule has 0 spiro atoms. The van der Waals surface area contributed by atoms with Gasteiger partial charge in [-0.2, -0.15) is 0 Å². The number of pyridine rings is 1. The van der Waals surface area contributed by atoms with Gasteiger partial charge in [0.05, 0.1) is 0 Å². The van der Waals surface area contributed by atoms with Crippen LogP contribution in [-0.2, 0) is 10.3 Å². The van der Waals surface area contributed by atoms with Crippen molar-refractivity contribution in [3.05, 3.63) is 94.2 Å². The lowest BCUT2D eigenvalue weighted by Gasteiger charge is -2.24. The summed E-state index contributed by atoms with van der Waals surface area (Å²) in [5, 5.41) is 6.33. The highest BCUT2D eigenvalue weighted by atomic mass is 19.1. The molecular weight excluding hydrogens is 357 g/mol. The minimum Gasteiger partial charge on any atom is -0.310 e. The van der Waals surface area contributed by atoms with Crippen LogP contribution >= 0.6 is 0 Å². The molecule has 140 valence electrons.